The lowest BCUT2D eigenvalue weighted by Gasteiger charge is -2.22. The number of rotatable bonds is 3. The Morgan fingerprint density at radius 1 is 1.32 bits per heavy atom. The van der Waals surface area contributed by atoms with Crippen LogP contribution in [0.3, 0.4) is 0 Å². The van der Waals surface area contributed by atoms with E-state index >= 15 is 0 Å². The molecule has 1 amide bonds. The van der Waals surface area contributed by atoms with Crippen LogP contribution >= 0.6 is 0 Å². The summed E-state index contributed by atoms with van der Waals surface area (Å²) in [6, 6.07) is 2.80. The summed E-state index contributed by atoms with van der Waals surface area (Å²) in [5.74, 6) is -0.312. The Morgan fingerprint density at radius 2 is 1.95 bits per heavy atom. The molecule has 0 aliphatic carbocycles. The first kappa shape index (κ1) is 13.8. The molecule has 6 nitrogen and oxygen atoms in total. The van der Waals surface area contributed by atoms with Gasteiger partial charge in [0.2, 0.25) is 0 Å². The minimum absolute atomic E-state index is 0.00944. The zero-order valence-corrected chi connectivity index (χ0v) is 11.7. The molecule has 0 spiro atoms. The zero-order chi connectivity index (χ0) is 14.2. The van der Waals surface area contributed by atoms with Gasteiger partial charge in [-0.2, -0.15) is 0 Å². The van der Waals surface area contributed by atoms with Gasteiger partial charge < -0.3 is 9.88 Å². The maximum absolute atomic E-state index is 12.2. The van der Waals surface area contributed by atoms with E-state index in [0.717, 1.165) is 0 Å². The summed E-state index contributed by atoms with van der Waals surface area (Å²) in [6.45, 7) is 1.41. The molecular weight excluding hydrogens is 268 g/mol. The standard InChI is InChI=1S/C12H16N2O4S/c1-8(15)10-3-4-11(13-10)12(16)14(2)9-5-6-19(17,18)7-9/h3-4,9,13H,5-7H2,1-2H3. The SMILES string of the molecule is CC(=O)c1ccc(C(=O)N(C)C2CCS(=O)(=O)C2)[nH]1. The fourth-order valence-electron chi connectivity index (χ4n) is 2.16. The molecule has 7 heteroatoms. The van der Waals surface area contributed by atoms with Crippen LogP contribution in [0.4, 0.5) is 0 Å². The van der Waals surface area contributed by atoms with Gasteiger partial charge in [-0.15, -0.1) is 0 Å². The minimum atomic E-state index is -3.02. The molecule has 0 bridgehead atoms. The largest absolute Gasteiger partial charge is 0.348 e. The van der Waals surface area contributed by atoms with E-state index in [9.17, 15) is 18.0 Å². The number of ketones is 1. The second kappa shape index (κ2) is 4.80. The van der Waals surface area contributed by atoms with Crippen molar-refractivity contribution in [2.24, 2.45) is 0 Å². The summed E-state index contributed by atoms with van der Waals surface area (Å²) in [6.07, 6.45) is 0.463. The smallest absolute Gasteiger partial charge is 0.270 e. The molecule has 1 N–H and O–H groups in total. The molecule has 0 saturated carbocycles. The Balaban J connectivity index is 2.13. The first-order valence-corrected chi connectivity index (χ1v) is 7.80. The highest BCUT2D eigenvalue weighted by molar-refractivity contribution is 7.91. The number of nitrogens with one attached hydrogen (secondary N) is 1. The lowest BCUT2D eigenvalue weighted by Crippen LogP contribution is -2.38. The Labute approximate surface area is 111 Å². The Kier molecular flexibility index (Phi) is 3.49. The number of hydrogen-bond acceptors (Lipinski definition) is 4. The molecule has 1 fully saturated rings. The van der Waals surface area contributed by atoms with E-state index in [0.29, 0.717) is 17.8 Å². The van der Waals surface area contributed by atoms with E-state index in [-0.39, 0.29) is 29.2 Å². The van der Waals surface area contributed by atoms with Crippen LogP contribution in [0.2, 0.25) is 0 Å². The van der Waals surface area contributed by atoms with Gasteiger partial charge in [0.05, 0.1) is 17.2 Å². The molecule has 1 atom stereocenters. The van der Waals surface area contributed by atoms with Crippen molar-refractivity contribution in [3.8, 4) is 0 Å². The second-order valence-electron chi connectivity index (χ2n) is 4.81. The Morgan fingerprint density at radius 3 is 2.42 bits per heavy atom. The predicted octanol–water partition coefficient (Wildman–Crippen LogP) is 0.476. The van der Waals surface area contributed by atoms with Crippen LogP contribution in [0, 0.1) is 0 Å². The Bertz CT molecular complexity index is 617. The lowest BCUT2D eigenvalue weighted by atomic mass is 10.2. The van der Waals surface area contributed by atoms with Crippen molar-refractivity contribution in [2.45, 2.75) is 19.4 Å². The molecule has 104 valence electrons. The average Bonchev–Trinajstić information content (AvgIpc) is 2.93. The first-order valence-electron chi connectivity index (χ1n) is 5.98. The molecule has 2 rings (SSSR count). The summed E-state index contributed by atoms with van der Waals surface area (Å²) in [5, 5.41) is 0. The maximum atomic E-state index is 12.2. The van der Waals surface area contributed by atoms with Crippen molar-refractivity contribution >= 4 is 21.5 Å². The molecule has 2 heterocycles. The third-order valence-corrected chi connectivity index (χ3v) is 5.12. The van der Waals surface area contributed by atoms with Crippen molar-refractivity contribution in [2.75, 3.05) is 18.6 Å². The number of carbonyl (C=O) groups excluding carboxylic acids is 2. The van der Waals surface area contributed by atoms with E-state index < -0.39 is 9.84 Å². The van der Waals surface area contributed by atoms with Gasteiger partial charge in [-0.3, -0.25) is 9.59 Å². The molecule has 1 aromatic rings. The van der Waals surface area contributed by atoms with Gasteiger partial charge in [-0.1, -0.05) is 0 Å². The van der Waals surface area contributed by atoms with Crippen molar-refractivity contribution in [3.63, 3.8) is 0 Å². The summed E-state index contributed by atoms with van der Waals surface area (Å²) in [7, 11) is -1.44. The van der Waals surface area contributed by atoms with Crippen LogP contribution in [0.25, 0.3) is 0 Å². The molecule has 1 aliphatic heterocycles. The fraction of sp³-hybridized carbons (Fsp3) is 0.500. The van der Waals surface area contributed by atoms with Gasteiger partial charge >= 0.3 is 0 Å². The number of sulfone groups is 1. The molecule has 19 heavy (non-hydrogen) atoms. The highest BCUT2D eigenvalue weighted by Crippen LogP contribution is 2.18. The monoisotopic (exact) mass is 284 g/mol. The van der Waals surface area contributed by atoms with Crippen LogP contribution < -0.4 is 0 Å². The number of aromatic amines is 1. The van der Waals surface area contributed by atoms with Crippen LogP contribution in [-0.4, -0.2) is 54.6 Å². The highest BCUT2D eigenvalue weighted by Gasteiger charge is 2.33. The number of Topliss-reactive ketones (excluding diaryl/α,β-unsaturated/α-hetero) is 1. The Hall–Kier alpha value is -1.63. The quantitative estimate of drug-likeness (QED) is 0.818. The minimum Gasteiger partial charge on any atom is -0.348 e. The average molecular weight is 284 g/mol. The number of hydrogen-bond donors (Lipinski definition) is 1. The third kappa shape index (κ3) is 2.86. The summed E-state index contributed by atoms with van der Waals surface area (Å²) >= 11 is 0. The lowest BCUT2D eigenvalue weighted by molar-refractivity contribution is 0.0742. The van der Waals surface area contributed by atoms with Crippen molar-refractivity contribution in [1.82, 2.24) is 9.88 Å². The van der Waals surface area contributed by atoms with E-state index in [1.807, 2.05) is 0 Å². The number of nitrogens with zero attached hydrogens (tertiary/aromatic N) is 1. The zero-order valence-electron chi connectivity index (χ0n) is 10.8. The summed E-state index contributed by atoms with van der Waals surface area (Å²) in [4.78, 5) is 27.5. The van der Waals surface area contributed by atoms with Crippen LogP contribution in [0.15, 0.2) is 12.1 Å². The van der Waals surface area contributed by atoms with Gasteiger partial charge in [0.25, 0.3) is 5.91 Å². The molecule has 0 aromatic carbocycles. The second-order valence-corrected chi connectivity index (χ2v) is 7.04. The van der Waals surface area contributed by atoms with Crippen LogP contribution in [-0.2, 0) is 9.84 Å². The summed E-state index contributed by atoms with van der Waals surface area (Å²) in [5.41, 5.74) is 0.674. The summed E-state index contributed by atoms with van der Waals surface area (Å²) < 4.78 is 22.8. The molecule has 1 saturated heterocycles. The number of carbonyl (C=O) groups is 2. The fourth-order valence-corrected chi connectivity index (χ4v) is 3.94. The third-order valence-electron chi connectivity index (χ3n) is 3.37. The van der Waals surface area contributed by atoms with E-state index in [1.165, 1.54) is 11.8 Å². The number of aromatic nitrogens is 1. The van der Waals surface area contributed by atoms with Crippen LogP contribution in [0.1, 0.15) is 34.3 Å². The molecule has 0 radical (unpaired) electrons. The topological polar surface area (TPSA) is 87.3 Å². The predicted molar refractivity (Wildman–Crippen MR) is 69.9 cm³/mol. The van der Waals surface area contributed by atoms with Crippen molar-refractivity contribution in [3.05, 3.63) is 23.5 Å². The van der Waals surface area contributed by atoms with E-state index in [4.69, 9.17) is 0 Å². The van der Waals surface area contributed by atoms with Gasteiger partial charge in [-0.05, 0) is 18.6 Å². The molecule has 1 aliphatic rings. The highest BCUT2D eigenvalue weighted by atomic mass is 32.2. The molecule has 1 unspecified atom stereocenters. The maximum Gasteiger partial charge on any atom is 0.270 e. The van der Waals surface area contributed by atoms with Gasteiger partial charge in [0, 0.05) is 20.0 Å². The molecule has 1 aromatic heterocycles. The number of amides is 1. The number of H-pyrrole nitrogens is 1. The first-order chi connectivity index (χ1) is 8.80. The molecular formula is C12H16N2O4S. The van der Waals surface area contributed by atoms with E-state index in [2.05, 4.69) is 4.98 Å². The van der Waals surface area contributed by atoms with Crippen molar-refractivity contribution in [1.29, 1.82) is 0 Å². The van der Waals surface area contributed by atoms with E-state index in [1.54, 1.807) is 19.2 Å². The van der Waals surface area contributed by atoms with Gasteiger partial charge in [-0.25, -0.2) is 8.42 Å². The normalized spacial score (nSPS) is 21.3. The van der Waals surface area contributed by atoms with Gasteiger partial charge in [0.15, 0.2) is 15.6 Å². The van der Waals surface area contributed by atoms with Gasteiger partial charge in [0.1, 0.15) is 5.69 Å². The van der Waals surface area contributed by atoms with Crippen molar-refractivity contribution < 1.29 is 18.0 Å². The van der Waals surface area contributed by atoms with Crippen LogP contribution in [0.5, 0.6) is 0 Å².